The predicted molar refractivity (Wildman–Crippen MR) is 92.0 cm³/mol. The highest BCUT2D eigenvalue weighted by Crippen LogP contribution is 2.20. The van der Waals surface area contributed by atoms with Gasteiger partial charge in [0, 0.05) is 24.9 Å². The molecule has 7 heteroatoms. The van der Waals surface area contributed by atoms with E-state index < -0.39 is 11.9 Å². The Hall–Kier alpha value is -2.70. The van der Waals surface area contributed by atoms with Crippen LogP contribution < -0.4 is 5.32 Å². The number of amides is 1. The number of carbonyl (C=O) groups is 2. The summed E-state index contributed by atoms with van der Waals surface area (Å²) in [4.78, 5) is 26.7. The average molecular weight is 345 g/mol. The minimum Gasteiger partial charge on any atom is -0.481 e. The highest BCUT2D eigenvalue weighted by atomic mass is 16.5. The van der Waals surface area contributed by atoms with E-state index in [4.69, 9.17) is 9.63 Å². The minimum atomic E-state index is -0.940. The molecule has 0 radical (unpaired) electrons. The summed E-state index contributed by atoms with van der Waals surface area (Å²) < 4.78 is 5.18. The van der Waals surface area contributed by atoms with Crippen LogP contribution in [0.5, 0.6) is 0 Å². The van der Waals surface area contributed by atoms with Gasteiger partial charge in [0.2, 0.25) is 17.6 Å². The summed E-state index contributed by atoms with van der Waals surface area (Å²) in [7, 11) is 0. The van der Waals surface area contributed by atoms with Crippen LogP contribution in [0.25, 0.3) is 11.4 Å². The van der Waals surface area contributed by atoms with Crippen molar-refractivity contribution in [3.05, 3.63) is 35.7 Å². The molecule has 0 aliphatic rings. The van der Waals surface area contributed by atoms with Crippen LogP contribution in [-0.4, -0.2) is 33.7 Å². The molecule has 0 bridgehead atoms. The monoisotopic (exact) mass is 345 g/mol. The van der Waals surface area contributed by atoms with Crippen molar-refractivity contribution in [1.82, 2.24) is 15.5 Å². The summed E-state index contributed by atoms with van der Waals surface area (Å²) in [6.45, 7) is 5.90. The Balaban J connectivity index is 1.87. The van der Waals surface area contributed by atoms with Gasteiger partial charge in [0.05, 0.1) is 5.92 Å². The number of aryl methyl sites for hydroxylation is 1. The smallest absolute Gasteiger partial charge is 0.308 e. The zero-order valence-corrected chi connectivity index (χ0v) is 14.7. The summed E-state index contributed by atoms with van der Waals surface area (Å²) in [6, 6.07) is 7.97. The molecule has 0 saturated heterocycles. The number of aliphatic carboxylic acids is 1. The topological polar surface area (TPSA) is 105 Å². The second-order valence-corrected chi connectivity index (χ2v) is 6.33. The maximum Gasteiger partial charge on any atom is 0.308 e. The number of carboxylic acids is 1. The Labute approximate surface area is 146 Å². The Bertz CT molecular complexity index is 722. The zero-order valence-electron chi connectivity index (χ0n) is 14.7. The van der Waals surface area contributed by atoms with Crippen molar-refractivity contribution in [1.29, 1.82) is 0 Å². The predicted octanol–water partition coefficient (Wildman–Crippen LogP) is 2.63. The average Bonchev–Trinajstić information content (AvgIpc) is 3.06. The Morgan fingerprint density at radius 3 is 2.48 bits per heavy atom. The first-order valence-electron chi connectivity index (χ1n) is 8.29. The van der Waals surface area contributed by atoms with Crippen LogP contribution in [0.15, 0.2) is 28.8 Å². The number of hydrogen-bond acceptors (Lipinski definition) is 5. The highest BCUT2D eigenvalue weighted by Gasteiger charge is 2.14. The van der Waals surface area contributed by atoms with Gasteiger partial charge in [-0.15, -0.1) is 0 Å². The molecule has 2 aromatic rings. The quantitative estimate of drug-likeness (QED) is 0.762. The van der Waals surface area contributed by atoms with E-state index in [9.17, 15) is 9.59 Å². The SMILES string of the molecule is CC(CNC(=O)CCc1nc(-c2ccc(C(C)C)cc2)no1)C(=O)O. The van der Waals surface area contributed by atoms with Crippen molar-refractivity contribution in [3.8, 4) is 11.4 Å². The first kappa shape index (κ1) is 18.6. The van der Waals surface area contributed by atoms with Crippen LogP contribution in [0.1, 0.15) is 44.6 Å². The minimum absolute atomic E-state index is 0.103. The molecule has 1 heterocycles. The lowest BCUT2D eigenvalue weighted by atomic mass is 10.0. The molecule has 7 nitrogen and oxygen atoms in total. The molecule has 1 unspecified atom stereocenters. The maximum absolute atomic E-state index is 11.7. The van der Waals surface area contributed by atoms with Crippen molar-refractivity contribution in [2.75, 3.05) is 6.54 Å². The van der Waals surface area contributed by atoms with E-state index in [0.717, 1.165) is 5.56 Å². The van der Waals surface area contributed by atoms with Gasteiger partial charge < -0.3 is 14.9 Å². The van der Waals surface area contributed by atoms with Gasteiger partial charge >= 0.3 is 5.97 Å². The van der Waals surface area contributed by atoms with Crippen LogP contribution in [0, 0.1) is 5.92 Å². The molecular weight excluding hydrogens is 322 g/mol. The standard InChI is InChI=1S/C18H23N3O4/c1-11(2)13-4-6-14(7-5-13)17-20-16(25-21-17)9-8-15(22)19-10-12(3)18(23)24/h4-7,11-12H,8-10H2,1-3H3,(H,19,22)(H,23,24). The highest BCUT2D eigenvalue weighted by molar-refractivity contribution is 5.77. The number of aromatic nitrogens is 2. The number of nitrogens with one attached hydrogen (secondary N) is 1. The fraction of sp³-hybridized carbons (Fsp3) is 0.444. The first-order chi connectivity index (χ1) is 11.9. The Kier molecular flexibility index (Phi) is 6.27. The molecule has 0 aliphatic carbocycles. The number of nitrogens with zero attached hydrogens (tertiary/aromatic N) is 2. The van der Waals surface area contributed by atoms with E-state index in [2.05, 4.69) is 29.3 Å². The molecule has 0 spiro atoms. The number of hydrogen-bond donors (Lipinski definition) is 2. The van der Waals surface area contributed by atoms with Gasteiger partial charge in [-0.25, -0.2) is 0 Å². The maximum atomic E-state index is 11.7. The summed E-state index contributed by atoms with van der Waals surface area (Å²) in [5.74, 6) is -0.473. The molecule has 1 amide bonds. The van der Waals surface area contributed by atoms with Gasteiger partial charge in [-0.3, -0.25) is 9.59 Å². The van der Waals surface area contributed by atoms with E-state index in [1.54, 1.807) is 0 Å². The van der Waals surface area contributed by atoms with Crippen molar-refractivity contribution in [2.45, 2.75) is 39.5 Å². The molecule has 134 valence electrons. The van der Waals surface area contributed by atoms with Crippen molar-refractivity contribution in [2.24, 2.45) is 5.92 Å². The van der Waals surface area contributed by atoms with E-state index >= 15 is 0 Å². The van der Waals surface area contributed by atoms with E-state index in [1.807, 2.05) is 24.3 Å². The molecule has 1 aromatic heterocycles. The third-order valence-electron chi connectivity index (χ3n) is 3.90. The molecular formula is C18H23N3O4. The van der Waals surface area contributed by atoms with Crippen molar-refractivity contribution < 1.29 is 19.2 Å². The number of carboxylic acid groups (broad SMARTS) is 1. The van der Waals surface area contributed by atoms with E-state index in [1.165, 1.54) is 12.5 Å². The molecule has 0 fully saturated rings. The van der Waals surface area contributed by atoms with Crippen LogP contribution in [0.2, 0.25) is 0 Å². The Morgan fingerprint density at radius 2 is 1.88 bits per heavy atom. The number of benzene rings is 1. The van der Waals surface area contributed by atoms with Crippen LogP contribution in [0.4, 0.5) is 0 Å². The molecule has 2 N–H and O–H groups in total. The lowest BCUT2D eigenvalue weighted by molar-refractivity contribution is -0.141. The lowest BCUT2D eigenvalue weighted by Crippen LogP contribution is -2.31. The Morgan fingerprint density at radius 1 is 1.20 bits per heavy atom. The van der Waals surface area contributed by atoms with Gasteiger partial charge in [0.15, 0.2) is 0 Å². The van der Waals surface area contributed by atoms with Crippen LogP contribution in [0.3, 0.4) is 0 Å². The fourth-order valence-electron chi connectivity index (χ4n) is 2.15. The van der Waals surface area contributed by atoms with Gasteiger partial charge in [0.25, 0.3) is 0 Å². The second-order valence-electron chi connectivity index (χ2n) is 6.33. The fourth-order valence-corrected chi connectivity index (χ4v) is 2.15. The van der Waals surface area contributed by atoms with Gasteiger partial charge in [0.1, 0.15) is 0 Å². The van der Waals surface area contributed by atoms with Crippen LogP contribution in [-0.2, 0) is 16.0 Å². The summed E-state index contributed by atoms with van der Waals surface area (Å²) >= 11 is 0. The zero-order chi connectivity index (χ0) is 18.4. The van der Waals surface area contributed by atoms with Crippen LogP contribution >= 0.6 is 0 Å². The molecule has 25 heavy (non-hydrogen) atoms. The third-order valence-corrected chi connectivity index (χ3v) is 3.90. The first-order valence-corrected chi connectivity index (χ1v) is 8.29. The number of rotatable bonds is 8. The van der Waals surface area contributed by atoms with E-state index in [0.29, 0.717) is 24.1 Å². The summed E-state index contributed by atoms with van der Waals surface area (Å²) in [6.07, 6.45) is 0.477. The molecule has 0 saturated carbocycles. The summed E-state index contributed by atoms with van der Waals surface area (Å²) in [5, 5.41) is 15.3. The van der Waals surface area contributed by atoms with Crippen molar-refractivity contribution in [3.63, 3.8) is 0 Å². The van der Waals surface area contributed by atoms with Gasteiger partial charge in [-0.1, -0.05) is 50.2 Å². The summed E-state index contributed by atoms with van der Waals surface area (Å²) in [5.41, 5.74) is 2.10. The molecule has 1 aromatic carbocycles. The van der Waals surface area contributed by atoms with Gasteiger partial charge in [-0.05, 0) is 11.5 Å². The third kappa shape index (κ3) is 5.41. The van der Waals surface area contributed by atoms with Crippen molar-refractivity contribution >= 4 is 11.9 Å². The molecule has 1 atom stereocenters. The molecule has 2 rings (SSSR count). The van der Waals surface area contributed by atoms with Gasteiger partial charge in [-0.2, -0.15) is 4.98 Å². The lowest BCUT2D eigenvalue weighted by Gasteiger charge is -2.07. The number of carbonyl (C=O) groups excluding carboxylic acids is 1. The molecule has 0 aliphatic heterocycles. The van der Waals surface area contributed by atoms with E-state index in [-0.39, 0.29) is 18.9 Å². The second kappa shape index (κ2) is 8.41. The normalized spacial score (nSPS) is 12.2. The largest absolute Gasteiger partial charge is 0.481 e.